The van der Waals surface area contributed by atoms with Gasteiger partial charge in [0.2, 0.25) is 10.0 Å². The number of carbonyl (C=O) groups is 1. The lowest BCUT2D eigenvalue weighted by atomic mass is 10.1. The number of nitrogens with two attached hydrogens (primary N) is 1. The zero-order chi connectivity index (χ0) is 20.0. The number of nitrogen functional groups attached to an aromatic ring is 1. The highest BCUT2D eigenvalue weighted by Crippen LogP contribution is 2.18. The molecule has 142 valence electrons. The van der Waals surface area contributed by atoms with E-state index < -0.39 is 16.0 Å². The molecule has 0 atom stereocenters. The molecule has 1 heterocycles. The third-order valence-electron chi connectivity index (χ3n) is 3.89. The fourth-order valence-electron chi connectivity index (χ4n) is 2.40. The number of rotatable bonds is 8. The van der Waals surface area contributed by atoms with Crippen LogP contribution in [0, 0.1) is 11.3 Å². The number of aliphatic carboxylic acids is 1. The Hall–Kier alpha value is -3.16. The Morgan fingerprint density at radius 1 is 1.41 bits per heavy atom. The van der Waals surface area contributed by atoms with Gasteiger partial charge in [-0.1, -0.05) is 12.1 Å². The number of sulfonamides is 1. The summed E-state index contributed by atoms with van der Waals surface area (Å²) < 4.78 is 26.4. The number of hydrogen-bond acceptors (Lipinski definition) is 6. The maximum Gasteiger partial charge on any atom is 0.328 e. The summed E-state index contributed by atoms with van der Waals surface area (Å²) in [4.78, 5) is 10.6. The van der Waals surface area contributed by atoms with Crippen molar-refractivity contribution in [3.8, 4) is 6.07 Å². The summed E-state index contributed by atoms with van der Waals surface area (Å²) in [6.45, 7) is 0.243. The monoisotopic (exact) mass is 389 g/mol. The first-order valence-electron chi connectivity index (χ1n) is 7.96. The zero-order valence-electron chi connectivity index (χ0n) is 14.6. The SMILES string of the molecule is CN(CCCc1[nH]nc(N)c1C#N)S(=O)(=O)c1ccc(/C=C/C(=O)O)cc1. The maximum atomic E-state index is 12.6. The van der Waals surface area contributed by atoms with Crippen LogP contribution in [0.2, 0.25) is 0 Å². The first-order valence-corrected chi connectivity index (χ1v) is 9.40. The number of aryl methyl sites for hydroxylation is 1. The lowest BCUT2D eigenvalue weighted by molar-refractivity contribution is -0.131. The van der Waals surface area contributed by atoms with E-state index in [4.69, 9.17) is 16.1 Å². The predicted octanol–water partition coefficient (Wildman–Crippen LogP) is 1.21. The predicted molar refractivity (Wildman–Crippen MR) is 99.0 cm³/mol. The van der Waals surface area contributed by atoms with E-state index in [-0.39, 0.29) is 22.8 Å². The highest BCUT2D eigenvalue weighted by atomic mass is 32.2. The molecular weight excluding hydrogens is 370 g/mol. The van der Waals surface area contributed by atoms with Gasteiger partial charge in [0, 0.05) is 19.7 Å². The van der Waals surface area contributed by atoms with Crippen LogP contribution < -0.4 is 5.73 Å². The zero-order valence-corrected chi connectivity index (χ0v) is 15.4. The molecule has 0 amide bonds. The van der Waals surface area contributed by atoms with Crippen molar-refractivity contribution in [1.82, 2.24) is 14.5 Å². The van der Waals surface area contributed by atoms with Gasteiger partial charge in [0.05, 0.1) is 10.6 Å². The average Bonchev–Trinajstić information content (AvgIpc) is 2.99. The molecule has 0 radical (unpaired) electrons. The van der Waals surface area contributed by atoms with Crippen molar-refractivity contribution in [2.24, 2.45) is 0 Å². The molecule has 10 heteroatoms. The third-order valence-corrected chi connectivity index (χ3v) is 5.76. The highest BCUT2D eigenvalue weighted by Gasteiger charge is 2.20. The number of H-pyrrole nitrogens is 1. The molecule has 0 spiro atoms. The summed E-state index contributed by atoms with van der Waals surface area (Å²) in [5, 5.41) is 24.1. The normalized spacial score (nSPS) is 11.7. The van der Waals surface area contributed by atoms with Gasteiger partial charge in [-0.2, -0.15) is 10.4 Å². The minimum Gasteiger partial charge on any atom is -0.478 e. The van der Waals surface area contributed by atoms with Crippen LogP contribution in [0.5, 0.6) is 0 Å². The summed E-state index contributed by atoms with van der Waals surface area (Å²) in [6, 6.07) is 7.89. The van der Waals surface area contributed by atoms with Gasteiger partial charge in [-0.25, -0.2) is 17.5 Å². The quantitative estimate of drug-likeness (QED) is 0.573. The Bertz CT molecular complexity index is 987. The highest BCUT2D eigenvalue weighted by molar-refractivity contribution is 7.89. The van der Waals surface area contributed by atoms with Gasteiger partial charge < -0.3 is 10.8 Å². The van der Waals surface area contributed by atoms with Gasteiger partial charge in [-0.05, 0) is 36.6 Å². The fourth-order valence-corrected chi connectivity index (χ4v) is 3.61. The van der Waals surface area contributed by atoms with E-state index in [0.29, 0.717) is 24.1 Å². The molecule has 27 heavy (non-hydrogen) atoms. The van der Waals surface area contributed by atoms with Crippen molar-refractivity contribution in [2.45, 2.75) is 17.7 Å². The minimum atomic E-state index is -3.67. The molecule has 4 N–H and O–H groups in total. The summed E-state index contributed by atoms with van der Waals surface area (Å²) in [7, 11) is -2.20. The molecule has 1 aromatic heterocycles. The van der Waals surface area contributed by atoms with E-state index in [2.05, 4.69) is 10.2 Å². The van der Waals surface area contributed by atoms with E-state index in [9.17, 15) is 13.2 Å². The molecule has 0 unspecified atom stereocenters. The van der Waals surface area contributed by atoms with E-state index >= 15 is 0 Å². The number of carboxylic acids is 1. The molecule has 2 rings (SSSR count). The number of carboxylic acid groups (broad SMARTS) is 1. The summed E-state index contributed by atoms with van der Waals surface area (Å²) in [6.07, 6.45) is 3.27. The van der Waals surface area contributed by atoms with Crippen molar-refractivity contribution in [1.29, 1.82) is 5.26 Å². The van der Waals surface area contributed by atoms with Gasteiger partial charge in [-0.15, -0.1) is 0 Å². The Morgan fingerprint density at radius 3 is 2.67 bits per heavy atom. The number of aromatic amines is 1. The number of nitriles is 1. The number of hydrogen-bond donors (Lipinski definition) is 3. The van der Waals surface area contributed by atoms with Gasteiger partial charge >= 0.3 is 5.97 Å². The molecular formula is C17H19N5O4S. The van der Waals surface area contributed by atoms with Crippen molar-refractivity contribution < 1.29 is 18.3 Å². The summed E-state index contributed by atoms with van der Waals surface area (Å²) >= 11 is 0. The molecule has 0 saturated heterocycles. The van der Waals surface area contributed by atoms with E-state index in [1.165, 1.54) is 41.7 Å². The number of anilines is 1. The van der Waals surface area contributed by atoms with Gasteiger partial charge in [-0.3, -0.25) is 5.10 Å². The summed E-state index contributed by atoms with van der Waals surface area (Å²) in [5.74, 6) is -0.949. The number of nitrogens with zero attached hydrogens (tertiary/aromatic N) is 3. The van der Waals surface area contributed by atoms with Crippen molar-refractivity contribution >= 4 is 27.9 Å². The van der Waals surface area contributed by atoms with Crippen LogP contribution in [-0.4, -0.2) is 47.6 Å². The van der Waals surface area contributed by atoms with Crippen LogP contribution in [0.25, 0.3) is 6.08 Å². The molecule has 0 aliphatic carbocycles. The topological polar surface area (TPSA) is 153 Å². The Kier molecular flexibility index (Phi) is 6.33. The van der Waals surface area contributed by atoms with Gasteiger partial charge in [0.25, 0.3) is 0 Å². The van der Waals surface area contributed by atoms with Crippen LogP contribution in [0.3, 0.4) is 0 Å². The molecule has 0 bridgehead atoms. The lowest BCUT2D eigenvalue weighted by Gasteiger charge is -2.17. The minimum absolute atomic E-state index is 0.112. The third kappa shape index (κ3) is 4.93. The smallest absolute Gasteiger partial charge is 0.328 e. The maximum absolute atomic E-state index is 12.6. The standard InChI is InChI=1S/C17H19N5O4S/c1-22(10-2-3-15-14(11-18)17(19)21-20-15)27(25,26)13-7-4-12(5-8-13)6-9-16(23)24/h4-9H,2-3,10H2,1H3,(H,23,24)(H3,19,20,21)/b9-6+. The van der Waals surface area contributed by atoms with Crippen LogP contribution in [0.4, 0.5) is 5.82 Å². The van der Waals surface area contributed by atoms with Crippen molar-refractivity contribution in [3.63, 3.8) is 0 Å². The molecule has 0 fully saturated rings. The van der Waals surface area contributed by atoms with Crippen LogP contribution in [-0.2, 0) is 21.2 Å². The second kappa shape index (κ2) is 8.48. The van der Waals surface area contributed by atoms with Gasteiger partial charge in [0.15, 0.2) is 5.82 Å². The van der Waals surface area contributed by atoms with Crippen molar-refractivity contribution in [2.75, 3.05) is 19.3 Å². The Morgan fingerprint density at radius 2 is 2.07 bits per heavy atom. The molecule has 9 nitrogen and oxygen atoms in total. The second-order valence-corrected chi connectivity index (χ2v) is 7.79. The first-order chi connectivity index (χ1) is 12.8. The fraction of sp³-hybridized carbons (Fsp3) is 0.235. The Balaban J connectivity index is 2.01. The number of benzene rings is 1. The van der Waals surface area contributed by atoms with Crippen LogP contribution in [0.15, 0.2) is 35.2 Å². The van der Waals surface area contributed by atoms with Crippen LogP contribution in [0.1, 0.15) is 23.2 Å². The number of aromatic nitrogens is 2. The van der Waals surface area contributed by atoms with E-state index in [1.807, 2.05) is 6.07 Å². The first kappa shape index (κ1) is 20.2. The van der Waals surface area contributed by atoms with Gasteiger partial charge in [0.1, 0.15) is 11.6 Å². The Labute approximate surface area is 156 Å². The average molecular weight is 389 g/mol. The number of nitrogens with one attached hydrogen (secondary N) is 1. The lowest BCUT2D eigenvalue weighted by Crippen LogP contribution is -2.28. The second-order valence-electron chi connectivity index (χ2n) is 5.74. The van der Waals surface area contributed by atoms with Crippen molar-refractivity contribution in [3.05, 3.63) is 47.2 Å². The largest absolute Gasteiger partial charge is 0.478 e. The van der Waals surface area contributed by atoms with E-state index in [1.54, 1.807) is 0 Å². The molecule has 2 aromatic rings. The summed E-state index contributed by atoms with van der Waals surface area (Å²) in [5.41, 5.74) is 7.02. The molecule has 0 aliphatic rings. The molecule has 0 aliphatic heterocycles. The van der Waals surface area contributed by atoms with Crippen LogP contribution >= 0.6 is 0 Å². The molecule has 0 saturated carbocycles. The van der Waals surface area contributed by atoms with E-state index in [0.717, 1.165) is 6.08 Å². The molecule has 1 aromatic carbocycles.